The first-order valence-electron chi connectivity index (χ1n) is 9.62. The van der Waals surface area contributed by atoms with Gasteiger partial charge in [-0.1, -0.05) is 25.5 Å². The van der Waals surface area contributed by atoms with Crippen LogP contribution in [0, 0.1) is 11.6 Å². The molecule has 2 rings (SSSR count). The van der Waals surface area contributed by atoms with Gasteiger partial charge in [-0.3, -0.25) is 0 Å². The molecule has 0 radical (unpaired) electrons. The molecule has 1 saturated heterocycles. The quantitative estimate of drug-likeness (QED) is 0.622. The fraction of sp³-hybridized carbons (Fsp3) is 0.591. The Labute approximate surface area is 161 Å². The summed E-state index contributed by atoms with van der Waals surface area (Å²) >= 11 is 0. The average molecular weight is 379 g/mol. The molecule has 1 aliphatic rings. The van der Waals surface area contributed by atoms with Gasteiger partial charge in [0.05, 0.1) is 0 Å². The maximum atomic E-state index is 14.9. The number of rotatable bonds is 4. The number of aryl methyl sites for hydroxylation is 1. The topological polar surface area (TPSA) is 29.5 Å². The van der Waals surface area contributed by atoms with Gasteiger partial charge in [-0.15, -0.1) is 0 Å². The number of likely N-dealkylation sites (tertiary alicyclic amines) is 1. The fourth-order valence-electron chi connectivity index (χ4n) is 3.92. The summed E-state index contributed by atoms with van der Waals surface area (Å²) in [4.78, 5) is 14.0. The third-order valence-corrected chi connectivity index (χ3v) is 5.22. The van der Waals surface area contributed by atoms with Gasteiger partial charge in [0.1, 0.15) is 17.2 Å². The van der Waals surface area contributed by atoms with Crippen molar-refractivity contribution in [2.45, 2.75) is 71.3 Å². The summed E-state index contributed by atoms with van der Waals surface area (Å²) in [7, 11) is 0. The van der Waals surface area contributed by atoms with Gasteiger partial charge in [0.25, 0.3) is 0 Å². The number of nitrogens with zero attached hydrogens (tertiary/aromatic N) is 1. The predicted octanol–water partition coefficient (Wildman–Crippen LogP) is 5.76. The Balaban J connectivity index is 2.35. The summed E-state index contributed by atoms with van der Waals surface area (Å²) in [5.41, 5.74) is 0.929. The van der Waals surface area contributed by atoms with Crippen LogP contribution in [-0.4, -0.2) is 29.7 Å². The Morgan fingerprint density at radius 3 is 2.33 bits per heavy atom. The van der Waals surface area contributed by atoms with Crippen LogP contribution in [0.3, 0.4) is 0 Å². The highest BCUT2D eigenvalue weighted by Gasteiger charge is 2.42. The molecule has 0 bridgehead atoms. The van der Waals surface area contributed by atoms with Gasteiger partial charge in [0, 0.05) is 30.1 Å². The van der Waals surface area contributed by atoms with E-state index in [-0.39, 0.29) is 6.09 Å². The summed E-state index contributed by atoms with van der Waals surface area (Å²) < 4.78 is 34.2. The third-order valence-electron chi connectivity index (χ3n) is 5.22. The number of piperidine rings is 1. The molecule has 1 aromatic carbocycles. The summed E-state index contributed by atoms with van der Waals surface area (Å²) in [5.74, 6) is -1.07. The molecule has 27 heavy (non-hydrogen) atoms. The summed E-state index contributed by atoms with van der Waals surface area (Å²) in [6.07, 6.45) is 2.13. The number of carbonyl (C=O) groups excluding carboxylic acids is 1. The minimum absolute atomic E-state index is 0.355. The van der Waals surface area contributed by atoms with Crippen LogP contribution in [0.2, 0.25) is 0 Å². The number of carbonyl (C=O) groups is 1. The molecule has 1 heterocycles. The van der Waals surface area contributed by atoms with E-state index in [1.807, 2.05) is 34.6 Å². The maximum Gasteiger partial charge on any atom is 0.410 e. The van der Waals surface area contributed by atoms with E-state index in [1.165, 1.54) is 6.07 Å². The van der Waals surface area contributed by atoms with E-state index >= 15 is 0 Å². The van der Waals surface area contributed by atoms with Crippen molar-refractivity contribution in [3.05, 3.63) is 47.0 Å². The molecule has 5 heteroatoms. The number of halogens is 2. The predicted molar refractivity (Wildman–Crippen MR) is 104 cm³/mol. The first-order valence-corrected chi connectivity index (χ1v) is 9.62. The Morgan fingerprint density at radius 2 is 1.85 bits per heavy atom. The standard InChI is InChI=1S/C22H31F2NO2/c1-7-8-16-13-17(23)14-18(24)19(16)22(15(2)3)9-11-25(12-10-22)20(26)27-21(4,5)6/h13-14H,2,7-12H2,1,3-6H3. The molecule has 150 valence electrons. The minimum Gasteiger partial charge on any atom is -0.444 e. The molecule has 1 aromatic rings. The lowest BCUT2D eigenvalue weighted by atomic mass is 9.66. The first kappa shape index (κ1) is 21.4. The summed E-state index contributed by atoms with van der Waals surface area (Å²) in [6.45, 7) is 14.4. The zero-order valence-electron chi connectivity index (χ0n) is 17.1. The Hall–Kier alpha value is -1.91. The van der Waals surface area contributed by atoms with Crippen molar-refractivity contribution in [3.8, 4) is 0 Å². The number of hydrogen-bond acceptors (Lipinski definition) is 2. The van der Waals surface area contributed by atoms with E-state index in [9.17, 15) is 13.6 Å². The van der Waals surface area contributed by atoms with Gasteiger partial charge < -0.3 is 9.64 Å². The molecule has 1 fully saturated rings. The minimum atomic E-state index is -0.596. The van der Waals surface area contributed by atoms with E-state index in [1.54, 1.807) is 4.90 Å². The molecule has 0 N–H and O–H groups in total. The zero-order chi connectivity index (χ0) is 20.4. The smallest absolute Gasteiger partial charge is 0.410 e. The van der Waals surface area contributed by atoms with Gasteiger partial charge in [0.15, 0.2) is 0 Å². The van der Waals surface area contributed by atoms with Crippen molar-refractivity contribution in [2.75, 3.05) is 13.1 Å². The Kier molecular flexibility index (Phi) is 6.33. The highest BCUT2D eigenvalue weighted by atomic mass is 19.1. The van der Waals surface area contributed by atoms with Gasteiger partial charge in [0.2, 0.25) is 0 Å². The van der Waals surface area contributed by atoms with Gasteiger partial charge in [-0.05, 0) is 58.6 Å². The van der Waals surface area contributed by atoms with Gasteiger partial charge >= 0.3 is 6.09 Å². The second kappa shape index (κ2) is 7.99. The number of allylic oxidation sites excluding steroid dienone is 1. The van der Waals surface area contributed by atoms with E-state index in [0.717, 1.165) is 18.1 Å². The van der Waals surface area contributed by atoms with Gasteiger partial charge in [-0.2, -0.15) is 0 Å². The van der Waals surface area contributed by atoms with Crippen LogP contribution in [-0.2, 0) is 16.6 Å². The number of ether oxygens (including phenoxy) is 1. The van der Waals surface area contributed by atoms with Crippen LogP contribution in [0.15, 0.2) is 24.3 Å². The van der Waals surface area contributed by atoms with Crippen molar-refractivity contribution >= 4 is 6.09 Å². The molecule has 0 aromatic heterocycles. The maximum absolute atomic E-state index is 14.9. The van der Waals surface area contributed by atoms with Crippen LogP contribution < -0.4 is 0 Å². The fourth-order valence-corrected chi connectivity index (χ4v) is 3.92. The molecule has 0 aliphatic carbocycles. The van der Waals surface area contributed by atoms with Crippen LogP contribution >= 0.6 is 0 Å². The van der Waals surface area contributed by atoms with E-state index in [4.69, 9.17) is 4.74 Å². The SMILES string of the molecule is C=C(C)C1(c2c(F)cc(F)cc2CCC)CCN(C(=O)OC(C)(C)C)CC1. The zero-order valence-corrected chi connectivity index (χ0v) is 17.1. The van der Waals surface area contributed by atoms with Crippen molar-refractivity contribution in [3.63, 3.8) is 0 Å². The number of hydrogen-bond donors (Lipinski definition) is 0. The summed E-state index contributed by atoms with van der Waals surface area (Å²) in [5, 5.41) is 0. The molecule has 0 spiro atoms. The monoisotopic (exact) mass is 379 g/mol. The van der Waals surface area contributed by atoms with Crippen molar-refractivity contribution in [1.82, 2.24) is 4.90 Å². The molecule has 1 aliphatic heterocycles. The Bertz CT molecular complexity index is 714. The van der Waals surface area contributed by atoms with E-state index < -0.39 is 22.7 Å². The first-order chi connectivity index (χ1) is 12.5. The second-order valence-corrected chi connectivity index (χ2v) is 8.50. The van der Waals surface area contributed by atoms with Crippen molar-refractivity contribution in [1.29, 1.82) is 0 Å². The molecule has 0 unspecified atom stereocenters. The van der Waals surface area contributed by atoms with Crippen LogP contribution in [0.1, 0.15) is 65.0 Å². The van der Waals surface area contributed by atoms with Crippen LogP contribution in [0.5, 0.6) is 0 Å². The molecular weight excluding hydrogens is 348 g/mol. The molecule has 3 nitrogen and oxygen atoms in total. The lowest BCUT2D eigenvalue weighted by molar-refractivity contribution is 0.0177. The molecular formula is C22H31F2NO2. The second-order valence-electron chi connectivity index (χ2n) is 8.50. The molecule has 0 saturated carbocycles. The largest absolute Gasteiger partial charge is 0.444 e. The van der Waals surface area contributed by atoms with Crippen molar-refractivity contribution < 1.29 is 18.3 Å². The number of amides is 1. The van der Waals surface area contributed by atoms with Gasteiger partial charge in [-0.25, -0.2) is 13.6 Å². The molecule has 1 amide bonds. The highest BCUT2D eigenvalue weighted by molar-refractivity contribution is 5.68. The summed E-state index contributed by atoms with van der Waals surface area (Å²) in [6, 6.07) is 2.40. The average Bonchev–Trinajstić information content (AvgIpc) is 2.53. The normalized spacial score (nSPS) is 16.9. The molecule has 0 atom stereocenters. The Morgan fingerprint density at radius 1 is 1.26 bits per heavy atom. The number of benzene rings is 1. The van der Waals surface area contributed by atoms with E-state index in [0.29, 0.717) is 43.5 Å². The third kappa shape index (κ3) is 4.69. The van der Waals surface area contributed by atoms with Crippen LogP contribution in [0.25, 0.3) is 0 Å². The highest BCUT2D eigenvalue weighted by Crippen LogP contribution is 2.44. The lowest BCUT2D eigenvalue weighted by Gasteiger charge is -2.44. The van der Waals surface area contributed by atoms with Crippen LogP contribution in [0.4, 0.5) is 13.6 Å². The van der Waals surface area contributed by atoms with Crippen molar-refractivity contribution in [2.24, 2.45) is 0 Å². The van der Waals surface area contributed by atoms with E-state index in [2.05, 4.69) is 6.58 Å². The lowest BCUT2D eigenvalue weighted by Crippen LogP contribution is -2.47.